The van der Waals surface area contributed by atoms with Crippen molar-refractivity contribution in [1.82, 2.24) is 0 Å². The summed E-state index contributed by atoms with van der Waals surface area (Å²) in [5.74, 6) is -5.09. The molecule has 0 aliphatic carbocycles. The molecule has 2 aliphatic heterocycles. The number of esters is 4. The molecule has 4 N–H and O–H groups in total. The Kier molecular flexibility index (Phi) is 22.8. The number of methoxy groups -OCH3 is 2. The lowest BCUT2D eigenvalue weighted by atomic mass is 9.74. The minimum absolute atomic E-state index is 0.0434. The van der Waals surface area contributed by atoms with Crippen molar-refractivity contribution in [2.75, 3.05) is 40.6 Å². The van der Waals surface area contributed by atoms with Crippen LogP contribution in [0.4, 0.5) is 0 Å². The highest BCUT2D eigenvalue weighted by molar-refractivity contribution is 5.83. The lowest BCUT2D eigenvalue weighted by Gasteiger charge is -2.51. The molecule has 2 saturated heterocycles. The highest BCUT2D eigenvalue weighted by Crippen LogP contribution is 2.47. The van der Waals surface area contributed by atoms with Crippen LogP contribution in [-0.2, 0) is 57.1 Å². The van der Waals surface area contributed by atoms with Gasteiger partial charge in [0.15, 0.2) is 12.4 Å². The second kappa shape index (κ2) is 26.0. The molecule has 2 aliphatic rings. The van der Waals surface area contributed by atoms with Crippen molar-refractivity contribution < 1.29 is 77.5 Å². The van der Waals surface area contributed by atoms with Crippen LogP contribution in [0.15, 0.2) is 36.5 Å². The molecule has 2 rings (SSSR count). The third-order valence-electron chi connectivity index (χ3n) is 9.80. The van der Waals surface area contributed by atoms with Gasteiger partial charge in [-0.25, -0.2) is 4.79 Å². The first kappa shape index (κ1) is 49.9. The molecule has 0 amide bonds. The molecule has 57 heavy (non-hydrogen) atoms. The van der Waals surface area contributed by atoms with Crippen LogP contribution < -0.4 is 0 Å². The van der Waals surface area contributed by atoms with Gasteiger partial charge in [-0.1, -0.05) is 65.2 Å². The van der Waals surface area contributed by atoms with Crippen molar-refractivity contribution in [3.05, 3.63) is 36.5 Å². The molecule has 16 nitrogen and oxygen atoms in total. The number of hydrogen-bond donors (Lipinski definition) is 4. The van der Waals surface area contributed by atoms with Gasteiger partial charge in [0.1, 0.15) is 12.7 Å². The zero-order valence-electron chi connectivity index (χ0n) is 34.3. The first-order valence-electron chi connectivity index (χ1n) is 19.9. The number of ether oxygens (including phenoxy) is 8. The molecule has 0 aromatic rings. The maximum Gasteiger partial charge on any atom is 0.330 e. The van der Waals surface area contributed by atoms with E-state index < -0.39 is 84.9 Å². The average Bonchev–Trinajstić information content (AvgIpc) is 3.16. The Bertz CT molecular complexity index is 1310. The molecule has 0 bridgehead atoms. The minimum atomic E-state index is -2.39. The van der Waals surface area contributed by atoms with E-state index in [2.05, 4.69) is 13.5 Å². The molecule has 2 fully saturated rings. The van der Waals surface area contributed by atoms with E-state index in [1.54, 1.807) is 33.1 Å². The fraction of sp³-hybridized carbons (Fsp3) is 0.756. The maximum atomic E-state index is 13.4. The molecular weight excluding hydrogens is 748 g/mol. The molecule has 0 aromatic carbocycles. The van der Waals surface area contributed by atoms with Crippen molar-refractivity contribution in [3.8, 4) is 0 Å². The minimum Gasteiger partial charge on any atom is -0.466 e. The molecule has 0 saturated carbocycles. The van der Waals surface area contributed by atoms with Gasteiger partial charge in [0.2, 0.25) is 5.79 Å². The Morgan fingerprint density at radius 2 is 1.74 bits per heavy atom. The monoisotopic (exact) mass is 814 g/mol. The maximum absolute atomic E-state index is 13.4. The molecular formula is C41H66O16. The van der Waals surface area contributed by atoms with E-state index in [0.717, 1.165) is 31.8 Å². The largest absolute Gasteiger partial charge is 0.466 e. The van der Waals surface area contributed by atoms with E-state index in [9.17, 15) is 34.5 Å². The number of rotatable bonds is 26. The highest BCUT2D eigenvalue weighted by atomic mass is 16.7. The van der Waals surface area contributed by atoms with Gasteiger partial charge in [-0.3, -0.25) is 14.4 Å². The second-order valence-corrected chi connectivity index (χ2v) is 15.0. The zero-order chi connectivity index (χ0) is 42.4. The van der Waals surface area contributed by atoms with Gasteiger partial charge >= 0.3 is 23.9 Å². The number of aliphatic hydroxyl groups excluding tert-OH is 3. The predicted molar refractivity (Wildman–Crippen MR) is 205 cm³/mol. The van der Waals surface area contributed by atoms with Crippen molar-refractivity contribution in [2.24, 2.45) is 5.41 Å². The van der Waals surface area contributed by atoms with Gasteiger partial charge < -0.3 is 58.3 Å². The first-order chi connectivity index (χ1) is 27.1. The number of unbranched alkanes of at least 4 members (excludes halogenated alkanes) is 4. The van der Waals surface area contributed by atoms with Crippen molar-refractivity contribution in [1.29, 1.82) is 0 Å². The van der Waals surface area contributed by atoms with E-state index in [1.165, 1.54) is 13.2 Å². The van der Waals surface area contributed by atoms with E-state index >= 15 is 0 Å². The molecule has 1 unspecified atom stereocenters. The lowest BCUT2D eigenvalue weighted by Crippen LogP contribution is -2.62. The molecule has 0 spiro atoms. The fourth-order valence-electron chi connectivity index (χ4n) is 6.60. The van der Waals surface area contributed by atoms with Crippen molar-refractivity contribution in [2.45, 2.75) is 153 Å². The van der Waals surface area contributed by atoms with Crippen LogP contribution in [0.25, 0.3) is 0 Å². The number of hydrogen-bond acceptors (Lipinski definition) is 16. The van der Waals surface area contributed by atoms with E-state index in [-0.39, 0.29) is 57.0 Å². The SMILES string of the molecule is C=CCOC(=O)C[C@H]1CC(CCOC)O[C@@H](C=CC(C)(C)[C@]2(O)O[C@H](C[C@H](CO)OC(=O)C[C@H](O)CCO)CC(=CC(=O)OC)[C@@H]2OC(=O)CCCCCCC)O1. The van der Waals surface area contributed by atoms with Crippen LogP contribution in [0.2, 0.25) is 0 Å². The first-order valence-corrected chi connectivity index (χ1v) is 19.9. The summed E-state index contributed by atoms with van der Waals surface area (Å²) in [6, 6.07) is 0. The van der Waals surface area contributed by atoms with Gasteiger partial charge in [0.25, 0.3) is 0 Å². The van der Waals surface area contributed by atoms with Crippen molar-refractivity contribution >= 4 is 23.9 Å². The van der Waals surface area contributed by atoms with Gasteiger partial charge in [-0.05, 0) is 37.3 Å². The van der Waals surface area contributed by atoms with Crippen LogP contribution in [0.5, 0.6) is 0 Å². The summed E-state index contributed by atoms with van der Waals surface area (Å²) < 4.78 is 45.4. The summed E-state index contributed by atoms with van der Waals surface area (Å²) in [7, 11) is 2.74. The number of carbonyl (C=O) groups is 4. The van der Waals surface area contributed by atoms with E-state index in [1.807, 2.05) is 0 Å². The summed E-state index contributed by atoms with van der Waals surface area (Å²) >= 11 is 0. The van der Waals surface area contributed by atoms with E-state index in [4.69, 9.17) is 43.0 Å². The van der Waals surface area contributed by atoms with Gasteiger partial charge in [-0.15, -0.1) is 0 Å². The second-order valence-electron chi connectivity index (χ2n) is 15.0. The van der Waals surface area contributed by atoms with Crippen LogP contribution in [0.1, 0.15) is 104 Å². The van der Waals surface area contributed by atoms with Crippen LogP contribution in [0.3, 0.4) is 0 Å². The summed E-state index contributed by atoms with van der Waals surface area (Å²) in [6.45, 7) is 8.35. The summed E-state index contributed by atoms with van der Waals surface area (Å²) in [5.41, 5.74) is -1.29. The van der Waals surface area contributed by atoms with Crippen LogP contribution >= 0.6 is 0 Å². The standard InChI is InChI=1S/C41H66O16/c1-7-9-10-11-12-13-34(45)56-39-28(22-35(46)51-6)21-32(25-33(27-43)53-37(48)23-29(44)15-18-42)57-41(39,49)40(3,4)17-14-38-54-30(16-20-50-5)24-31(55-38)26-36(47)52-19-8-2/h8,14,17,22,29-33,38-39,42-44,49H,2,7,9-13,15-16,18-21,23-27H2,1,3-6H3/t29-,30?,31-,32+,33-,38-,39+,41-/m1/s1. The van der Waals surface area contributed by atoms with Gasteiger partial charge in [0, 0.05) is 51.1 Å². The summed E-state index contributed by atoms with van der Waals surface area (Å²) in [6.07, 6.45) is 3.46. The third kappa shape index (κ3) is 17.3. The number of carbonyl (C=O) groups excluding carboxylic acids is 4. The zero-order valence-corrected chi connectivity index (χ0v) is 34.3. The molecule has 0 aromatic heterocycles. The molecule has 16 heteroatoms. The highest BCUT2D eigenvalue weighted by Gasteiger charge is 2.57. The van der Waals surface area contributed by atoms with Crippen LogP contribution in [-0.4, -0.2) is 134 Å². The average molecular weight is 815 g/mol. The Morgan fingerprint density at radius 1 is 1.02 bits per heavy atom. The smallest absolute Gasteiger partial charge is 0.330 e. The topological polar surface area (TPSA) is 223 Å². The normalized spacial score (nSPS) is 25.8. The molecule has 2 heterocycles. The summed E-state index contributed by atoms with van der Waals surface area (Å²) in [4.78, 5) is 51.1. The van der Waals surface area contributed by atoms with Gasteiger partial charge in [0.05, 0.1) is 51.0 Å². The Hall–Kier alpha value is -3.22. The lowest BCUT2D eigenvalue weighted by molar-refractivity contribution is -0.327. The van der Waals surface area contributed by atoms with Crippen molar-refractivity contribution in [3.63, 3.8) is 0 Å². The summed E-state index contributed by atoms with van der Waals surface area (Å²) in [5, 5.41) is 42.0. The molecule has 326 valence electrons. The van der Waals surface area contributed by atoms with E-state index in [0.29, 0.717) is 25.9 Å². The Labute approximate surface area is 336 Å². The third-order valence-corrected chi connectivity index (χ3v) is 9.80. The fourth-order valence-corrected chi connectivity index (χ4v) is 6.60. The predicted octanol–water partition coefficient (Wildman–Crippen LogP) is 3.50. The molecule has 0 radical (unpaired) electrons. The quantitative estimate of drug-likeness (QED) is 0.0323. The molecule has 8 atom stereocenters. The Morgan fingerprint density at radius 3 is 2.39 bits per heavy atom. The Balaban J connectivity index is 2.52. The van der Waals surface area contributed by atoms with Gasteiger partial charge in [-0.2, -0.15) is 0 Å². The van der Waals surface area contributed by atoms with Crippen LogP contribution in [0, 0.1) is 5.41 Å². The number of aliphatic hydroxyl groups is 4.